The third kappa shape index (κ3) is 1.55. The minimum absolute atomic E-state index is 0.363. The standard InChI is InChI=1S/C8H9NO2/c1-3-6-4-5-7(9-6)8(10)11-2/h3-5,9H,1H2,2H3. The average molecular weight is 151 g/mol. The Bertz CT molecular complexity index is 252. The highest BCUT2D eigenvalue weighted by Crippen LogP contribution is 2.04. The third-order valence-corrected chi connectivity index (χ3v) is 1.33. The molecule has 3 heteroatoms. The summed E-state index contributed by atoms with van der Waals surface area (Å²) in [5.74, 6) is -0.363. The van der Waals surface area contributed by atoms with E-state index in [-0.39, 0.29) is 5.97 Å². The molecule has 0 fully saturated rings. The van der Waals surface area contributed by atoms with Crippen LogP contribution in [0.5, 0.6) is 0 Å². The Kier molecular flexibility index (Phi) is 2.21. The van der Waals surface area contributed by atoms with Crippen molar-refractivity contribution >= 4 is 5.97 Å². The zero-order chi connectivity index (χ0) is 8.27. The van der Waals surface area contributed by atoms with Crippen LogP contribution in [0.15, 0.2) is 12.1 Å². The lowest BCUT2D eigenvalue weighted by Gasteiger charge is -1.91. The van der Waals surface area contributed by atoms with E-state index in [1.807, 2.05) is 0 Å². The summed E-state index contributed by atoms with van der Waals surface area (Å²) >= 11 is 0. The third-order valence-electron chi connectivity index (χ3n) is 1.33. The summed E-state index contributed by atoms with van der Waals surface area (Å²) in [4.78, 5) is 13.7. The number of carbonyl (C=O) groups is 1. The molecule has 3 nitrogen and oxygen atoms in total. The maximum atomic E-state index is 10.9. The van der Waals surface area contributed by atoms with Crippen LogP contribution in [-0.4, -0.2) is 18.1 Å². The maximum Gasteiger partial charge on any atom is 0.356 e. The summed E-state index contributed by atoms with van der Waals surface area (Å²) in [5, 5.41) is 0. The van der Waals surface area contributed by atoms with Gasteiger partial charge in [-0.15, -0.1) is 0 Å². The average Bonchev–Trinajstić information content (AvgIpc) is 2.50. The number of ether oxygens (including phenoxy) is 1. The van der Waals surface area contributed by atoms with Gasteiger partial charge in [0.1, 0.15) is 5.69 Å². The summed E-state index contributed by atoms with van der Waals surface area (Å²) < 4.78 is 4.49. The monoisotopic (exact) mass is 151 g/mol. The number of rotatable bonds is 2. The molecule has 1 aromatic heterocycles. The molecule has 0 aromatic carbocycles. The predicted molar refractivity (Wildman–Crippen MR) is 40.9 cm³/mol. The minimum atomic E-state index is -0.363. The molecule has 0 unspecified atom stereocenters. The van der Waals surface area contributed by atoms with E-state index in [9.17, 15) is 4.79 Å². The van der Waals surface area contributed by atoms with Crippen LogP contribution in [0.3, 0.4) is 0 Å². The summed E-state index contributed by atoms with van der Waals surface area (Å²) in [6.07, 6.45) is 1.63. The Balaban J connectivity index is 2.80. The van der Waals surface area contributed by atoms with E-state index in [1.165, 1.54) is 7.11 Å². The highest BCUT2D eigenvalue weighted by Gasteiger charge is 2.09. The van der Waals surface area contributed by atoms with Gasteiger partial charge in [-0.05, 0) is 0 Å². The van der Waals surface area contributed by atoms with Gasteiger partial charge in [0.05, 0.1) is 19.2 Å². The molecule has 0 radical (unpaired) electrons. The van der Waals surface area contributed by atoms with Gasteiger partial charge in [-0.1, -0.05) is 6.42 Å². The van der Waals surface area contributed by atoms with E-state index >= 15 is 0 Å². The predicted octanol–water partition coefficient (Wildman–Crippen LogP) is 1.19. The topological polar surface area (TPSA) is 42.1 Å². The smallest absolute Gasteiger partial charge is 0.356 e. The largest absolute Gasteiger partial charge is 0.464 e. The van der Waals surface area contributed by atoms with Gasteiger partial charge in [0, 0.05) is 0 Å². The van der Waals surface area contributed by atoms with Crippen LogP contribution in [0.2, 0.25) is 0 Å². The van der Waals surface area contributed by atoms with Crippen LogP contribution < -0.4 is 0 Å². The van der Waals surface area contributed by atoms with Gasteiger partial charge in [-0.3, -0.25) is 0 Å². The minimum Gasteiger partial charge on any atom is -0.464 e. The first kappa shape index (κ1) is 7.72. The number of H-pyrrole nitrogens is 1. The second-order valence-electron chi connectivity index (χ2n) is 2.02. The van der Waals surface area contributed by atoms with Gasteiger partial charge in [0.25, 0.3) is 0 Å². The summed E-state index contributed by atoms with van der Waals surface area (Å²) in [6, 6.07) is 3.42. The van der Waals surface area contributed by atoms with Crippen molar-refractivity contribution in [2.24, 2.45) is 0 Å². The Hall–Kier alpha value is -1.38. The molecule has 0 aliphatic heterocycles. The number of hydrogen-bond donors (Lipinski definition) is 1. The second kappa shape index (κ2) is 3.14. The normalized spacial score (nSPS) is 9.27. The molecule has 0 saturated heterocycles. The summed E-state index contributed by atoms with van der Waals surface area (Å²) in [7, 11) is 1.34. The van der Waals surface area contributed by atoms with Crippen LogP contribution in [0.1, 0.15) is 16.2 Å². The van der Waals surface area contributed by atoms with Crippen LogP contribution in [0.4, 0.5) is 0 Å². The van der Waals surface area contributed by atoms with Crippen molar-refractivity contribution in [3.8, 4) is 0 Å². The number of methoxy groups -OCH3 is 1. The molecule has 0 amide bonds. The Morgan fingerprint density at radius 1 is 1.73 bits per heavy atom. The first-order valence-electron chi connectivity index (χ1n) is 3.17. The fourth-order valence-electron chi connectivity index (χ4n) is 0.760. The summed E-state index contributed by atoms with van der Waals surface area (Å²) in [6.45, 7) is 3.55. The first-order valence-corrected chi connectivity index (χ1v) is 3.17. The summed E-state index contributed by atoms with van der Waals surface area (Å²) in [5.41, 5.74) is 1.26. The fourth-order valence-corrected chi connectivity index (χ4v) is 0.760. The van der Waals surface area contributed by atoms with Crippen LogP contribution in [-0.2, 0) is 4.74 Å². The molecule has 1 aromatic rings. The zero-order valence-electron chi connectivity index (χ0n) is 6.26. The van der Waals surface area contributed by atoms with Crippen LogP contribution in [0, 0.1) is 13.3 Å². The molecule has 11 heavy (non-hydrogen) atoms. The highest BCUT2D eigenvalue weighted by atomic mass is 16.5. The second-order valence-corrected chi connectivity index (χ2v) is 2.02. The Morgan fingerprint density at radius 3 is 2.91 bits per heavy atom. The Labute approximate surface area is 65.4 Å². The molecule has 0 spiro atoms. The van der Waals surface area contributed by atoms with E-state index in [2.05, 4.69) is 16.6 Å². The van der Waals surface area contributed by atoms with Gasteiger partial charge in [-0.2, -0.15) is 0 Å². The molecule has 0 atom stereocenters. The van der Waals surface area contributed by atoms with E-state index < -0.39 is 0 Å². The SMILES string of the molecule is [CH2-][CH+]c1ccc(C(=O)OC)[nH]1. The highest BCUT2D eigenvalue weighted by molar-refractivity contribution is 5.87. The lowest BCUT2D eigenvalue weighted by atomic mass is 10.3. The van der Waals surface area contributed by atoms with Crippen LogP contribution in [0.25, 0.3) is 0 Å². The van der Waals surface area contributed by atoms with Gasteiger partial charge in [-0.25, -0.2) is 11.7 Å². The number of aromatic nitrogens is 1. The zero-order valence-corrected chi connectivity index (χ0v) is 6.26. The van der Waals surface area contributed by atoms with Crippen molar-refractivity contribution in [1.82, 2.24) is 4.98 Å². The van der Waals surface area contributed by atoms with E-state index in [1.54, 1.807) is 18.6 Å². The van der Waals surface area contributed by atoms with Crippen molar-refractivity contribution in [1.29, 1.82) is 0 Å². The Morgan fingerprint density at radius 2 is 2.45 bits per heavy atom. The lowest BCUT2D eigenvalue weighted by Crippen LogP contribution is -2.01. The van der Waals surface area contributed by atoms with Crippen molar-refractivity contribution in [2.75, 3.05) is 7.11 Å². The molecule has 0 saturated carbocycles. The fraction of sp³-hybridized carbons (Fsp3) is 0.125. The molecular formula is C8H9NO2. The van der Waals surface area contributed by atoms with Crippen molar-refractivity contribution < 1.29 is 9.53 Å². The number of nitrogens with one attached hydrogen (secondary N) is 1. The van der Waals surface area contributed by atoms with Crippen molar-refractivity contribution in [2.45, 2.75) is 0 Å². The molecule has 1 heterocycles. The molecule has 0 bridgehead atoms. The molecule has 0 aliphatic carbocycles. The van der Waals surface area contributed by atoms with Gasteiger partial charge >= 0.3 is 5.97 Å². The van der Waals surface area contributed by atoms with E-state index in [4.69, 9.17) is 0 Å². The molecule has 0 aliphatic rings. The molecule has 58 valence electrons. The molecule has 1 N–H and O–H groups in total. The maximum absolute atomic E-state index is 10.9. The molecule has 1 rings (SSSR count). The molecular weight excluding hydrogens is 142 g/mol. The lowest BCUT2D eigenvalue weighted by molar-refractivity contribution is 0.0595. The number of carbonyl (C=O) groups excluding carboxylic acids is 1. The van der Waals surface area contributed by atoms with Gasteiger partial charge in [0.15, 0.2) is 5.69 Å². The first-order chi connectivity index (χ1) is 5.27. The van der Waals surface area contributed by atoms with E-state index in [0.717, 1.165) is 5.69 Å². The number of aromatic amines is 1. The number of hydrogen-bond acceptors (Lipinski definition) is 2. The van der Waals surface area contributed by atoms with Crippen molar-refractivity contribution in [3.05, 3.63) is 36.9 Å². The van der Waals surface area contributed by atoms with Gasteiger partial charge in [0.2, 0.25) is 0 Å². The van der Waals surface area contributed by atoms with Gasteiger partial charge < -0.3 is 9.72 Å². The van der Waals surface area contributed by atoms with Crippen LogP contribution >= 0.6 is 0 Å². The van der Waals surface area contributed by atoms with E-state index in [0.29, 0.717) is 5.69 Å². The van der Waals surface area contributed by atoms with Crippen molar-refractivity contribution in [3.63, 3.8) is 0 Å². The quantitative estimate of drug-likeness (QED) is 0.509. The number of esters is 1.